The highest BCUT2D eigenvalue weighted by Gasteiger charge is 2.32. The van der Waals surface area contributed by atoms with E-state index < -0.39 is 6.04 Å². The van der Waals surface area contributed by atoms with E-state index in [2.05, 4.69) is 6.58 Å². The van der Waals surface area contributed by atoms with Crippen LogP contribution in [0, 0.1) is 0 Å². The molecule has 1 saturated heterocycles. The Morgan fingerprint density at radius 1 is 1.67 bits per heavy atom. The molecule has 1 aliphatic rings. The Morgan fingerprint density at radius 2 is 2.40 bits per heavy atom. The second-order valence-electron chi connectivity index (χ2n) is 3.08. The van der Waals surface area contributed by atoms with Crippen molar-refractivity contribution in [2.75, 3.05) is 24.7 Å². The number of amides is 1. The maximum atomic E-state index is 11.6. The van der Waals surface area contributed by atoms with E-state index in [9.17, 15) is 9.59 Å². The molecule has 1 rings (SSSR count). The number of hydrogen-bond acceptors (Lipinski definition) is 4. The molecule has 4 nitrogen and oxygen atoms in total. The van der Waals surface area contributed by atoms with Crippen molar-refractivity contribution >= 4 is 23.6 Å². The lowest BCUT2D eigenvalue weighted by molar-refractivity contribution is -0.152. The predicted molar refractivity (Wildman–Crippen MR) is 59.7 cm³/mol. The van der Waals surface area contributed by atoms with Gasteiger partial charge in [0.1, 0.15) is 6.04 Å². The van der Waals surface area contributed by atoms with Gasteiger partial charge in [0.05, 0.1) is 6.61 Å². The standard InChI is InChI=1S/C10H15NO3S/c1-3-9(12)11-5-6-15-7-8(11)10(13)14-4-2/h3,8H,1,4-7H2,2H3. The van der Waals surface area contributed by atoms with Crippen molar-refractivity contribution in [2.45, 2.75) is 13.0 Å². The quantitative estimate of drug-likeness (QED) is 0.527. The van der Waals surface area contributed by atoms with Crippen molar-refractivity contribution in [3.05, 3.63) is 12.7 Å². The highest BCUT2D eigenvalue weighted by atomic mass is 32.2. The lowest BCUT2D eigenvalue weighted by Crippen LogP contribution is -2.50. The molecular weight excluding hydrogens is 214 g/mol. The van der Waals surface area contributed by atoms with Crippen LogP contribution in [0.1, 0.15) is 6.92 Å². The van der Waals surface area contributed by atoms with Crippen LogP contribution in [-0.2, 0) is 14.3 Å². The molecule has 5 heteroatoms. The average molecular weight is 229 g/mol. The van der Waals surface area contributed by atoms with Gasteiger partial charge in [-0.1, -0.05) is 6.58 Å². The molecule has 1 atom stereocenters. The van der Waals surface area contributed by atoms with Crippen LogP contribution in [-0.4, -0.2) is 47.5 Å². The zero-order chi connectivity index (χ0) is 11.3. The number of esters is 1. The van der Waals surface area contributed by atoms with Gasteiger partial charge in [-0.15, -0.1) is 0 Å². The Hall–Kier alpha value is -0.970. The van der Waals surface area contributed by atoms with E-state index in [4.69, 9.17) is 4.74 Å². The van der Waals surface area contributed by atoms with E-state index in [0.29, 0.717) is 18.9 Å². The summed E-state index contributed by atoms with van der Waals surface area (Å²) in [4.78, 5) is 24.6. The normalized spacial score (nSPS) is 20.9. The van der Waals surface area contributed by atoms with Crippen molar-refractivity contribution in [1.29, 1.82) is 0 Å². The molecule has 0 aliphatic carbocycles. The van der Waals surface area contributed by atoms with Crippen molar-refractivity contribution < 1.29 is 14.3 Å². The molecule has 15 heavy (non-hydrogen) atoms. The molecule has 0 saturated carbocycles. The topological polar surface area (TPSA) is 46.6 Å². The predicted octanol–water partition coefficient (Wildman–Crippen LogP) is 0.679. The Morgan fingerprint density at radius 3 is 3.00 bits per heavy atom. The van der Waals surface area contributed by atoms with E-state index in [-0.39, 0.29) is 11.9 Å². The molecule has 0 N–H and O–H groups in total. The second kappa shape index (κ2) is 5.80. The van der Waals surface area contributed by atoms with Crippen molar-refractivity contribution in [3.63, 3.8) is 0 Å². The Labute approximate surface area is 93.6 Å². The first-order chi connectivity index (χ1) is 7.20. The van der Waals surface area contributed by atoms with Gasteiger partial charge in [0, 0.05) is 18.1 Å². The summed E-state index contributed by atoms with van der Waals surface area (Å²) in [6.07, 6.45) is 1.24. The molecule has 1 amide bonds. The van der Waals surface area contributed by atoms with Gasteiger partial charge in [0.25, 0.3) is 0 Å². The fourth-order valence-corrected chi connectivity index (χ4v) is 2.45. The first-order valence-electron chi connectivity index (χ1n) is 4.88. The van der Waals surface area contributed by atoms with Crippen LogP contribution in [0.4, 0.5) is 0 Å². The first-order valence-corrected chi connectivity index (χ1v) is 6.03. The molecule has 1 heterocycles. The SMILES string of the molecule is C=CC(=O)N1CCSCC1C(=O)OCC. The molecule has 0 aromatic carbocycles. The van der Waals surface area contributed by atoms with Gasteiger partial charge in [-0.25, -0.2) is 4.79 Å². The highest BCUT2D eigenvalue weighted by Crippen LogP contribution is 2.17. The van der Waals surface area contributed by atoms with E-state index in [1.165, 1.54) is 11.0 Å². The molecule has 0 radical (unpaired) electrons. The Bertz CT molecular complexity index is 267. The van der Waals surface area contributed by atoms with Gasteiger partial charge in [-0.3, -0.25) is 4.79 Å². The molecule has 0 spiro atoms. The summed E-state index contributed by atoms with van der Waals surface area (Å²) < 4.78 is 4.93. The lowest BCUT2D eigenvalue weighted by Gasteiger charge is -2.32. The van der Waals surface area contributed by atoms with Crippen molar-refractivity contribution in [3.8, 4) is 0 Å². The zero-order valence-electron chi connectivity index (χ0n) is 8.77. The third kappa shape index (κ3) is 2.99. The van der Waals surface area contributed by atoms with E-state index >= 15 is 0 Å². The number of ether oxygens (including phenoxy) is 1. The van der Waals surface area contributed by atoms with Gasteiger partial charge in [0.15, 0.2) is 0 Å². The number of carbonyl (C=O) groups is 2. The molecule has 1 fully saturated rings. The smallest absolute Gasteiger partial charge is 0.329 e. The fraction of sp³-hybridized carbons (Fsp3) is 0.600. The molecular formula is C10H15NO3S. The zero-order valence-corrected chi connectivity index (χ0v) is 9.59. The summed E-state index contributed by atoms with van der Waals surface area (Å²) in [6.45, 7) is 6.11. The fourth-order valence-electron chi connectivity index (χ4n) is 1.42. The number of rotatable bonds is 3. The van der Waals surface area contributed by atoms with Crippen LogP contribution in [0.5, 0.6) is 0 Å². The molecule has 1 unspecified atom stereocenters. The molecule has 0 aromatic heterocycles. The molecule has 0 bridgehead atoms. The third-order valence-corrected chi connectivity index (χ3v) is 3.17. The maximum absolute atomic E-state index is 11.6. The monoisotopic (exact) mass is 229 g/mol. The summed E-state index contributed by atoms with van der Waals surface area (Å²) in [6, 6.07) is -0.450. The summed E-state index contributed by atoms with van der Waals surface area (Å²) in [7, 11) is 0. The number of carbonyl (C=O) groups excluding carboxylic acids is 2. The molecule has 1 aliphatic heterocycles. The molecule has 0 aromatic rings. The maximum Gasteiger partial charge on any atom is 0.329 e. The minimum absolute atomic E-state index is 0.201. The summed E-state index contributed by atoms with van der Waals surface area (Å²) in [5.74, 6) is 0.946. The largest absolute Gasteiger partial charge is 0.464 e. The van der Waals surface area contributed by atoms with Crippen molar-refractivity contribution in [1.82, 2.24) is 4.90 Å². The van der Waals surface area contributed by atoms with E-state index in [0.717, 1.165) is 5.75 Å². The van der Waals surface area contributed by atoms with Crippen LogP contribution in [0.3, 0.4) is 0 Å². The van der Waals surface area contributed by atoms with Crippen molar-refractivity contribution in [2.24, 2.45) is 0 Å². The summed E-state index contributed by atoms with van der Waals surface area (Å²) >= 11 is 1.66. The van der Waals surface area contributed by atoms with E-state index in [1.807, 2.05) is 0 Å². The number of thioether (sulfide) groups is 1. The molecule has 84 valence electrons. The van der Waals surface area contributed by atoms with Crippen LogP contribution < -0.4 is 0 Å². The summed E-state index contributed by atoms with van der Waals surface area (Å²) in [5, 5.41) is 0. The van der Waals surface area contributed by atoms with Crippen LogP contribution >= 0.6 is 11.8 Å². The lowest BCUT2D eigenvalue weighted by atomic mass is 10.2. The Balaban J connectivity index is 2.69. The van der Waals surface area contributed by atoms with Crippen LogP contribution in [0.25, 0.3) is 0 Å². The average Bonchev–Trinajstić information content (AvgIpc) is 2.28. The Kier molecular flexibility index (Phi) is 4.68. The number of hydrogen-bond donors (Lipinski definition) is 0. The number of nitrogens with zero attached hydrogens (tertiary/aromatic N) is 1. The van der Waals surface area contributed by atoms with Gasteiger partial charge < -0.3 is 9.64 Å². The van der Waals surface area contributed by atoms with Gasteiger partial charge in [-0.05, 0) is 13.0 Å². The summed E-state index contributed by atoms with van der Waals surface area (Å²) in [5.41, 5.74) is 0. The van der Waals surface area contributed by atoms with Crippen LogP contribution in [0.15, 0.2) is 12.7 Å². The van der Waals surface area contributed by atoms with Gasteiger partial charge in [-0.2, -0.15) is 11.8 Å². The van der Waals surface area contributed by atoms with E-state index in [1.54, 1.807) is 18.7 Å². The minimum Gasteiger partial charge on any atom is -0.464 e. The van der Waals surface area contributed by atoms with Gasteiger partial charge >= 0.3 is 5.97 Å². The van der Waals surface area contributed by atoms with Gasteiger partial charge in [0.2, 0.25) is 5.91 Å². The first kappa shape index (κ1) is 12.1. The highest BCUT2D eigenvalue weighted by molar-refractivity contribution is 7.99. The minimum atomic E-state index is -0.450. The van der Waals surface area contributed by atoms with Crippen LogP contribution in [0.2, 0.25) is 0 Å². The second-order valence-corrected chi connectivity index (χ2v) is 4.23. The third-order valence-electron chi connectivity index (χ3n) is 2.14.